The molecule has 0 radical (unpaired) electrons. The average molecular weight is 268 g/mol. The third-order valence-corrected chi connectivity index (χ3v) is 2.30. The van der Waals surface area contributed by atoms with Gasteiger partial charge >= 0.3 is 11.9 Å². The van der Waals surface area contributed by atoms with E-state index in [4.69, 9.17) is 9.47 Å². The molecule has 19 heavy (non-hydrogen) atoms. The molecule has 0 aliphatic heterocycles. The molecule has 0 aliphatic rings. The van der Waals surface area contributed by atoms with Crippen molar-refractivity contribution in [1.29, 1.82) is 0 Å². The van der Waals surface area contributed by atoms with E-state index in [1.54, 1.807) is 13.8 Å². The van der Waals surface area contributed by atoms with Crippen LogP contribution in [0, 0.1) is 0 Å². The highest BCUT2D eigenvalue weighted by molar-refractivity contribution is 5.95. The van der Waals surface area contributed by atoms with Gasteiger partial charge in [-0.25, -0.2) is 4.79 Å². The van der Waals surface area contributed by atoms with Crippen LogP contribution in [-0.4, -0.2) is 35.4 Å². The van der Waals surface area contributed by atoms with E-state index in [-0.39, 0.29) is 36.5 Å². The van der Waals surface area contributed by atoms with Gasteiger partial charge in [-0.15, -0.1) is 0 Å². The molecule has 0 spiro atoms. The molecule has 0 aliphatic carbocycles. The van der Waals surface area contributed by atoms with Crippen molar-refractivity contribution in [2.75, 3.05) is 13.2 Å². The van der Waals surface area contributed by atoms with Gasteiger partial charge in [-0.1, -0.05) is 0 Å². The summed E-state index contributed by atoms with van der Waals surface area (Å²) in [5, 5.41) is 19.1. The van der Waals surface area contributed by atoms with Crippen LogP contribution >= 0.6 is 0 Å². The number of carbonyl (C=O) groups excluding carboxylic acids is 2. The first-order chi connectivity index (χ1) is 8.99. The fourth-order valence-electron chi connectivity index (χ4n) is 1.61. The van der Waals surface area contributed by atoms with Crippen molar-refractivity contribution in [2.24, 2.45) is 0 Å². The third kappa shape index (κ3) is 3.87. The topological polar surface area (TPSA) is 93.1 Å². The van der Waals surface area contributed by atoms with E-state index in [1.807, 2.05) is 0 Å². The summed E-state index contributed by atoms with van der Waals surface area (Å²) in [4.78, 5) is 23.2. The lowest BCUT2D eigenvalue weighted by Crippen LogP contribution is -2.13. The summed E-state index contributed by atoms with van der Waals surface area (Å²) in [7, 11) is 0. The minimum atomic E-state index is -0.751. The van der Waals surface area contributed by atoms with Crippen molar-refractivity contribution >= 4 is 11.9 Å². The molecule has 0 saturated heterocycles. The normalized spacial score (nSPS) is 10.0. The summed E-state index contributed by atoms with van der Waals surface area (Å²) >= 11 is 0. The third-order valence-electron chi connectivity index (χ3n) is 2.30. The van der Waals surface area contributed by atoms with E-state index in [2.05, 4.69) is 0 Å². The molecule has 0 fully saturated rings. The quantitative estimate of drug-likeness (QED) is 0.784. The van der Waals surface area contributed by atoms with Crippen LogP contribution in [0.4, 0.5) is 0 Å². The minimum absolute atomic E-state index is 0.132. The van der Waals surface area contributed by atoms with Crippen molar-refractivity contribution in [2.45, 2.75) is 20.3 Å². The Hall–Kier alpha value is -2.24. The highest BCUT2D eigenvalue weighted by Gasteiger charge is 2.21. The Morgan fingerprint density at radius 1 is 1.11 bits per heavy atom. The molecule has 6 nitrogen and oxygen atoms in total. The Morgan fingerprint density at radius 2 is 1.74 bits per heavy atom. The zero-order chi connectivity index (χ0) is 14.4. The lowest BCUT2D eigenvalue weighted by Gasteiger charge is -2.11. The van der Waals surface area contributed by atoms with E-state index in [0.29, 0.717) is 0 Å². The molecule has 0 unspecified atom stereocenters. The molecule has 0 bridgehead atoms. The minimum Gasteiger partial charge on any atom is -0.508 e. The number of aromatic hydroxyl groups is 2. The molecule has 1 rings (SSSR count). The van der Waals surface area contributed by atoms with Crippen LogP contribution in [0.25, 0.3) is 0 Å². The summed E-state index contributed by atoms with van der Waals surface area (Å²) in [5.41, 5.74) is 0.0297. The monoisotopic (exact) mass is 268 g/mol. The summed E-state index contributed by atoms with van der Waals surface area (Å²) in [6.07, 6.45) is -0.232. The average Bonchev–Trinajstić information content (AvgIpc) is 2.28. The van der Waals surface area contributed by atoms with Crippen LogP contribution in [0.3, 0.4) is 0 Å². The first-order valence-corrected chi connectivity index (χ1v) is 5.87. The fraction of sp³-hybridized carbons (Fsp3) is 0.385. The van der Waals surface area contributed by atoms with Gasteiger partial charge in [-0.2, -0.15) is 0 Å². The van der Waals surface area contributed by atoms with Gasteiger partial charge in [0.15, 0.2) is 0 Å². The Labute approximate surface area is 110 Å². The van der Waals surface area contributed by atoms with E-state index >= 15 is 0 Å². The second-order valence-corrected chi connectivity index (χ2v) is 3.70. The standard InChI is InChI=1S/C13H16O6/c1-3-18-11(16)6-8-5-9(14)7-10(15)12(8)13(17)19-4-2/h5,7,14-15H,3-4,6H2,1-2H3. The van der Waals surface area contributed by atoms with E-state index < -0.39 is 17.7 Å². The number of hydrogen-bond acceptors (Lipinski definition) is 6. The molecule has 104 valence electrons. The fourth-order valence-corrected chi connectivity index (χ4v) is 1.61. The summed E-state index contributed by atoms with van der Waals surface area (Å²) in [6.45, 7) is 3.63. The summed E-state index contributed by atoms with van der Waals surface area (Å²) in [5.74, 6) is -1.99. The molecule has 1 aromatic carbocycles. The molecule has 1 aromatic rings. The van der Waals surface area contributed by atoms with Gasteiger partial charge in [0.2, 0.25) is 0 Å². The second kappa shape index (κ2) is 6.63. The maximum atomic E-state index is 11.7. The Bertz CT molecular complexity index is 480. The van der Waals surface area contributed by atoms with Crippen LogP contribution in [0.15, 0.2) is 12.1 Å². The van der Waals surface area contributed by atoms with Crippen molar-refractivity contribution < 1.29 is 29.3 Å². The maximum Gasteiger partial charge on any atom is 0.342 e. The number of phenolic OH excluding ortho intramolecular Hbond substituents is 2. The van der Waals surface area contributed by atoms with Crippen molar-refractivity contribution in [1.82, 2.24) is 0 Å². The zero-order valence-corrected chi connectivity index (χ0v) is 10.8. The van der Waals surface area contributed by atoms with Gasteiger partial charge in [0.25, 0.3) is 0 Å². The highest BCUT2D eigenvalue weighted by atomic mass is 16.5. The number of carbonyl (C=O) groups is 2. The van der Waals surface area contributed by atoms with E-state index in [1.165, 1.54) is 6.07 Å². The zero-order valence-electron chi connectivity index (χ0n) is 10.8. The lowest BCUT2D eigenvalue weighted by atomic mass is 10.0. The molecule has 0 atom stereocenters. The predicted octanol–water partition coefficient (Wildman–Crippen LogP) is 1.38. The first-order valence-electron chi connectivity index (χ1n) is 5.87. The van der Waals surface area contributed by atoms with Gasteiger partial charge in [0, 0.05) is 6.07 Å². The van der Waals surface area contributed by atoms with Crippen LogP contribution in [-0.2, 0) is 20.7 Å². The summed E-state index contributed by atoms with van der Waals surface area (Å²) < 4.78 is 9.56. The van der Waals surface area contributed by atoms with Gasteiger partial charge in [-0.05, 0) is 25.5 Å². The SMILES string of the molecule is CCOC(=O)Cc1cc(O)cc(O)c1C(=O)OCC. The van der Waals surface area contributed by atoms with Gasteiger partial charge in [-0.3, -0.25) is 4.79 Å². The second-order valence-electron chi connectivity index (χ2n) is 3.70. The maximum absolute atomic E-state index is 11.7. The summed E-state index contributed by atoms with van der Waals surface area (Å²) in [6, 6.07) is 2.24. The van der Waals surface area contributed by atoms with Gasteiger partial charge in [0.05, 0.1) is 19.6 Å². The molecule has 0 heterocycles. The lowest BCUT2D eigenvalue weighted by molar-refractivity contribution is -0.142. The largest absolute Gasteiger partial charge is 0.508 e. The Balaban J connectivity index is 3.13. The van der Waals surface area contributed by atoms with Crippen molar-refractivity contribution in [3.8, 4) is 11.5 Å². The predicted molar refractivity (Wildman–Crippen MR) is 66.1 cm³/mol. The molecular formula is C13H16O6. The van der Waals surface area contributed by atoms with Crippen LogP contribution in [0.2, 0.25) is 0 Å². The van der Waals surface area contributed by atoms with E-state index in [9.17, 15) is 19.8 Å². The molecule has 6 heteroatoms. The molecule has 0 amide bonds. The molecule has 0 aromatic heterocycles. The number of esters is 2. The number of rotatable bonds is 5. The van der Waals surface area contributed by atoms with Crippen LogP contribution < -0.4 is 0 Å². The van der Waals surface area contributed by atoms with Gasteiger partial charge in [0.1, 0.15) is 17.1 Å². The van der Waals surface area contributed by atoms with Gasteiger partial charge < -0.3 is 19.7 Å². The Morgan fingerprint density at radius 3 is 2.32 bits per heavy atom. The Kier molecular flexibility index (Phi) is 5.17. The smallest absolute Gasteiger partial charge is 0.342 e. The highest BCUT2D eigenvalue weighted by Crippen LogP contribution is 2.28. The van der Waals surface area contributed by atoms with Crippen molar-refractivity contribution in [3.63, 3.8) is 0 Å². The van der Waals surface area contributed by atoms with Crippen molar-refractivity contribution in [3.05, 3.63) is 23.3 Å². The molecule has 0 saturated carbocycles. The van der Waals surface area contributed by atoms with E-state index in [0.717, 1.165) is 6.07 Å². The molecule has 2 N–H and O–H groups in total. The first kappa shape index (κ1) is 14.8. The van der Waals surface area contributed by atoms with Crippen LogP contribution in [0.5, 0.6) is 11.5 Å². The number of ether oxygens (including phenoxy) is 2. The number of hydrogen-bond donors (Lipinski definition) is 2. The van der Waals surface area contributed by atoms with Crippen LogP contribution in [0.1, 0.15) is 29.8 Å². The number of benzene rings is 1. The number of phenols is 2. The molecular weight excluding hydrogens is 252 g/mol.